The van der Waals surface area contributed by atoms with Crippen LogP contribution in [0.15, 0.2) is 90.1 Å². The van der Waals surface area contributed by atoms with Gasteiger partial charge >= 0.3 is 0 Å². The van der Waals surface area contributed by atoms with Gasteiger partial charge < -0.3 is 16.4 Å². The zero-order chi connectivity index (χ0) is 21.3. The first-order valence-electron chi connectivity index (χ1n) is 9.19. The Hall–Kier alpha value is -3.78. The van der Waals surface area contributed by atoms with Gasteiger partial charge in [0.2, 0.25) is 0 Å². The number of nitrogens with zero attached hydrogens (tertiary/aromatic N) is 1. The average molecular weight is 420 g/mol. The minimum absolute atomic E-state index is 0.0933. The molecule has 0 bridgehead atoms. The Morgan fingerprint density at radius 1 is 1.00 bits per heavy atom. The second kappa shape index (κ2) is 7.57. The fourth-order valence-corrected chi connectivity index (χ4v) is 4.73. The van der Waals surface area contributed by atoms with Crippen molar-refractivity contribution in [1.82, 2.24) is 4.31 Å². The molecule has 1 heterocycles. The molecule has 8 heteroatoms. The largest absolute Gasteiger partial charge is 0.397 e. The van der Waals surface area contributed by atoms with Gasteiger partial charge in [0.25, 0.3) is 15.9 Å². The van der Waals surface area contributed by atoms with E-state index >= 15 is 0 Å². The summed E-state index contributed by atoms with van der Waals surface area (Å²) in [6.45, 7) is 3.94. The molecule has 0 unspecified atom stereocenters. The molecule has 0 saturated carbocycles. The zero-order valence-corrected chi connectivity index (χ0v) is 16.8. The monoisotopic (exact) mass is 420 g/mol. The number of fused-ring (bicyclic) bond motifs is 1. The Labute approximate surface area is 174 Å². The highest BCUT2D eigenvalue weighted by Crippen LogP contribution is 2.33. The van der Waals surface area contributed by atoms with E-state index in [1.807, 2.05) is 0 Å². The maximum atomic E-state index is 13.0. The number of rotatable bonds is 4. The standard InChI is InChI=1S/C22H20N4O3S/c1-15-24-20-8-4-5-9-21(20)30(28,29)26(15)14-16-10-12-17(13-11-16)22(27)25-19-7-3-2-6-18(19)23/h2-13,24H,1,14,23H2,(H,25,27). The summed E-state index contributed by atoms with van der Waals surface area (Å²) < 4.78 is 27.2. The van der Waals surface area contributed by atoms with Gasteiger partial charge in [0.05, 0.1) is 23.6 Å². The van der Waals surface area contributed by atoms with E-state index < -0.39 is 10.0 Å². The Morgan fingerprint density at radius 3 is 2.40 bits per heavy atom. The van der Waals surface area contributed by atoms with Crippen LogP contribution >= 0.6 is 0 Å². The fraction of sp³-hybridized carbons (Fsp3) is 0.0455. The van der Waals surface area contributed by atoms with Crippen LogP contribution in [0.4, 0.5) is 17.1 Å². The summed E-state index contributed by atoms with van der Waals surface area (Å²) in [5.41, 5.74) is 8.53. The van der Waals surface area contributed by atoms with Crippen molar-refractivity contribution in [3.8, 4) is 0 Å². The number of sulfonamides is 1. The predicted molar refractivity (Wildman–Crippen MR) is 117 cm³/mol. The van der Waals surface area contributed by atoms with Crippen LogP contribution < -0.4 is 16.4 Å². The summed E-state index contributed by atoms with van der Waals surface area (Å²) in [5.74, 6) is -0.0277. The number of benzene rings is 3. The van der Waals surface area contributed by atoms with Crippen LogP contribution in [0.2, 0.25) is 0 Å². The van der Waals surface area contributed by atoms with E-state index in [-0.39, 0.29) is 23.2 Å². The summed E-state index contributed by atoms with van der Waals surface area (Å²) in [4.78, 5) is 12.7. The summed E-state index contributed by atoms with van der Waals surface area (Å²) >= 11 is 0. The second-order valence-electron chi connectivity index (χ2n) is 6.82. The van der Waals surface area contributed by atoms with E-state index in [9.17, 15) is 13.2 Å². The van der Waals surface area contributed by atoms with Gasteiger partial charge in [-0.2, -0.15) is 0 Å². The lowest BCUT2D eigenvalue weighted by Crippen LogP contribution is -2.36. The van der Waals surface area contributed by atoms with Crippen molar-refractivity contribution < 1.29 is 13.2 Å². The van der Waals surface area contributed by atoms with Crippen molar-refractivity contribution in [2.45, 2.75) is 11.4 Å². The third-order valence-corrected chi connectivity index (χ3v) is 6.63. The number of carbonyl (C=O) groups is 1. The highest BCUT2D eigenvalue weighted by Gasteiger charge is 2.32. The average Bonchev–Trinajstić information content (AvgIpc) is 2.73. The molecule has 0 aromatic heterocycles. The SMILES string of the molecule is C=C1Nc2ccccc2S(=O)(=O)N1Cc1ccc(C(=O)Nc2ccccc2N)cc1. The number of carbonyl (C=O) groups excluding carboxylic acids is 1. The van der Waals surface area contributed by atoms with Gasteiger partial charge in [-0.15, -0.1) is 0 Å². The Bertz CT molecular complexity index is 1240. The molecule has 1 aliphatic heterocycles. The molecule has 0 spiro atoms. The van der Waals surface area contributed by atoms with Crippen LogP contribution in [0.25, 0.3) is 0 Å². The minimum Gasteiger partial charge on any atom is -0.397 e. The molecule has 0 aliphatic carbocycles. The number of nitrogens with two attached hydrogens (primary N) is 1. The lowest BCUT2D eigenvalue weighted by atomic mass is 10.1. The summed E-state index contributed by atoms with van der Waals surface area (Å²) in [6.07, 6.45) is 0. The summed E-state index contributed by atoms with van der Waals surface area (Å²) in [7, 11) is -3.72. The molecule has 3 aromatic carbocycles. The number of nitrogen functional groups attached to an aromatic ring is 1. The molecule has 7 nitrogen and oxygen atoms in total. The van der Waals surface area contributed by atoms with Gasteiger partial charge in [-0.1, -0.05) is 43.0 Å². The van der Waals surface area contributed by atoms with Crippen LogP contribution in [0, 0.1) is 0 Å². The van der Waals surface area contributed by atoms with Crippen LogP contribution in [0.1, 0.15) is 15.9 Å². The predicted octanol–water partition coefficient (Wildman–Crippen LogP) is 3.61. The van der Waals surface area contributed by atoms with Gasteiger partial charge in [-0.3, -0.25) is 4.79 Å². The highest BCUT2D eigenvalue weighted by molar-refractivity contribution is 7.89. The molecule has 4 N–H and O–H groups in total. The van der Waals surface area contributed by atoms with Crippen LogP contribution in [0.3, 0.4) is 0 Å². The third kappa shape index (κ3) is 3.60. The van der Waals surface area contributed by atoms with Crippen molar-refractivity contribution in [3.05, 3.63) is 96.3 Å². The molecular weight excluding hydrogens is 400 g/mol. The van der Waals surface area contributed by atoms with Gasteiger partial charge in [0, 0.05) is 5.56 Å². The third-order valence-electron chi connectivity index (χ3n) is 4.79. The fourth-order valence-electron chi connectivity index (χ4n) is 3.19. The Balaban J connectivity index is 1.52. The molecule has 0 radical (unpaired) electrons. The number of anilines is 3. The number of hydrogen-bond acceptors (Lipinski definition) is 5. The normalized spacial score (nSPS) is 14.5. The van der Waals surface area contributed by atoms with Crippen molar-refractivity contribution in [3.63, 3.8) is 0 Å². The molecule has 0 atom stereocenters. The van der Waals surface area contributed by atoms with Gasteiger partial charge in [-0.25, -0.2) is 12.7 Å². The topological polar surface area (TPSA) is 105 Å². The molecule has 0 saturated heterocycles. The number of amides is 1. The second-order valence-corrected chi connectivity index (χ2v) is 8.65. The van der Waals surface area contributed by atoms with E-state index in [4.69, 9.17) is 5.73 Å². The molecule has 4 rings (SSSR count). The van der Waals surface area contributed by atoms with Gasteiger partial charge in [0.1, 0.15) is 10.7 Å². The van der Waals surface area contributed by atoms with Crippen molar-refractivity contribution in [2.24, 2.45) is 0 Å². The lowest BCUT2D eigenvalue weighted by Gasteiger charge is -2.32. The minimum atomic E-state index is -3.72. The summed E-state index contributed by atoms with van der Waals surface area (Å²) in [6, 6.07) is 20.4. The van der Waals surface area contributed by atoms with Crippen molar-refractivity contribution in [1.29, 1.82) is 0 Å². The molecule has 0 fully saturated rings. The Morgan fingerprint density at radius 2 is 1.67 bits per heavy atom. The molecule has 3 aromatic rings. The number of nitrogens with one attached hydrogen (secondary N) is 2. The molecule has 152 valence electrons. The maximum Gasteiger partial charge on any atom is 0.267 e. The maximum absolute atomic E-state index is 13.0. The van der Waals surface area contributed by atoms with Gasteiger partial charge in [-0.05, 0) is 42.0 Å². The van der Waals surface area contributed by atoms with Crippen molar-refractivity contribution in [2.75, 3.05) is 16.4 Å². The van der Waals surface area contributed by atoms with E-state index in [1.165, 1.54) is 4.31 Å². The first-order valence-corrected chi connectivity index (χ1v) is 10.6. The van der Waals surface area contributed by atoms with Crippen LogP contribution in [-0.4, -0.2) is 18.6 Å². The van der Waals surface area contributed by atoms with Crippen LogP contribution in [0.5, 0.6) is 0 Å². The smallest absolute Gasteiger partial charge is 0.267 e. The molecular formula is C22H20N4O3S. The van der Waals surface area contributed by atoms with E-state index in [2.05, 4.69) is 17.2 Å². The molecule has 30 heavy (non-hydrogen) atoms. The quantitative estimate of drug-likeness (QED) is 0.560. The lowest BCUT2D eigenvalue weighted by molar-refractivity contribution is 0.102. The Kier molecular flexibility index (Phi) is 4.93. The zero-order valence-electron chi connectivity index (χ0n) is 16.0. The van der Waals surface area contributed by atoms with E-state index in [0.717, 1.165) is 5.56 Å². The number of hydrogen-bond donors (Lipinski definition) is 3. The van der Waals surface area contributed by atoms with E-state index in [0.29, 0.717) is 22.6 Å². The van der Waals surface area contributed by atoms with E-state index in [1.54, 1.807) is 72.8 Å². The van der Waals surface area contributed by atoms with Crippen LogP contribution in [-0.2, 0) is 16.6 Å². The first-order chi connectivity index (χ1) is 14.4. The molecule has 1 aliphatic rings. The van der Waals surface area contributed by atoms with Crippen molar-refractivity contribution >= 4 is 33.0 Å². The summed E-state index contributed by atoms with van der Waals surface area (Å²) in [5, 5.41) is 5.79. The van der Waals surface area contributed by atoms with Gasteiger partial charge in [0.15, 0.2) is 0 Å². The number of para-hydroxylation sites is 3. The molecule has 1 amide bonds. The first kappa shape index (κ1) is 19.5. The highest BCUT2D eigenvalue weighted by atomic mass is 32.2.